The average Bonchev–Trinajstić information content (AvgIpc) is 3.00. The third-order valence-electron chi connectivity index (χ3n) is 3.55. The van der Waals surface area contributed by atoms with Crippen LogP contribution in [0.1, 0.15) is 65.0 Å². The summed E-state index contributed by atoms with van der Waals surface area (Å²) < 4.78 is 12.5. The van der Waals surface area contributed by atoms with Crippen LogP contribution >= 0.6 is 0 Å². The van der Waals surface area contributed by atoms with Gasteiger partial charge >= 0.3 is 6.09 Å². The van der Waals surface area contributed by atoms with E-state index in [2.05, 4.69) is 15.6 Å². The highest BCUT2D eigenvalue weighted by atomic mass is 16.6. The van der Waals surface area contributed by atoms with Gasteiger partial charge in [-0.2, -0.15) is 0 Å². The minimum absolute atomic E-state index is 0.293. The van der Waals surface area contributed by atoms with Crippen LogP contribution in [0.3, 0.4) is 0 Å². The maximum absolute atomic E-state index is 11.5. The van der Waals surface area contributed by atoms with Gasteiger partial charge in [-0.3, -0.25) is 4.68 Å². The molecule has 150 valence electrons. The SMILES string of the molecule is CC(C)(C)OC(=O)NCCOCc1cn(CCCCCCCCO)nn1. The fraction of sp³-hybridized carbons (Fsp3) is 0.833. The van der Waals surface area contributed by atoms with Gasteiger partial charge in [0.25, 0.3) is 0 Å². The van der Waals surface area contributed by atoms with E-state index in [1.54, 1.807) is 0 Å². The Labute approximate surface area is 156 Å². The summed E-state index contributed by atoms with van der Waals surface area (Å²) in [7, 11) is 0. The molecule has 0 aliphatic carbocycles. The van der Waals surface area contributed by atoms with Gasteiger partial charge in [0.05, 0.1) is 19.4 Å². The molecule has 8 nitrogen and oxygen atoms in total. The summed E-state index contributed by atoms with van der Waals surface area (Å²) in [4.78, 5) is 11.5. The van der Waals surface area contributed by atoms with Crippen molar-refractivity contribution in [3.63, 3.8) is 0 Å². The number of ether oxygens (including phenoxy) is 2. The smallest absolute Gasteiger partial charge is 0.407 e. The molecule has 1 heterocycles. The van der Waals surface area contributed by atoms with E-state index < -0.39 is 11.7 Å². The molecule has 0 spiro atoms. The topological polar surface area (TPSA) is 98.5 Å². The Morgan fingerprint density at radius 2 is 1.88 bits per heavy atom. The minimum Gasteiger partial charge on any atom is -0.444 e. The zero-order chi connectivity index (χ0) is 19.3. The first kappa shape index (κ1) is 22.4. The van der Waals surface area contributed by atoms with Gasteiger partial charge in [-0.15, -0.1) is 5.10 Å². The van der Waals surface area contributed by atoms with Gasteiger partial charge in [0, 0.05) is 19.7 Å². The summed E-state index contributed by atoms with van der Waals surface area (Å²) in [6, 6.07) is 0. The minimum atomic E-state index is -0.497. The predicted molar refractivity (Wildman–Crippen MR) is 98.7 cm³/mol. The molecular weight excluding hydrogens is 336 g/mol. The predicted octanol–water partition coefficient (Wildman–Crippen LogP) is 2.65. The third kappa shape index (κ3) is 11.8. The molecule has 0 radical (unpaired) electrons. The Hall–Kier alpha value is -1.67. The molecule has 0 unspecified atom stereocenters. The summed E-state index contributed by atoms with van der Waals surface area (Å²) in [6.45, 7) is 7.77. The van der Waals surface area contributed by atoms with Crippen LogP contribution < -0.4 is 5.32 Å². The number of aromatic nitrogens is 3. The van der Waals surface area contributed by atoms with Gasteiger partial charge in [-0.05, 0) is 33.6 Å². The number of carbonyl (C=O) groups excluding carboxylic acids is 1. The van der Waals surface area contributed by atoms with Crippen molar-refractivity contribution in [2.24, 2.45) is 0 Å². The second kappa shape index (κ2) is 12.6. The highest BCUT2D eigenvalue weighted by molar-refractivity contribution is 5.67. The van der Waals surface area contributed by atoms with Crippen LogP contribution in [0.4, 0.5) is 4.79 Å². The van der Waals surface area contributed by atoms with Crippen LogP contribution in [0, 0.1) is 0 Å². The van der Waals surface area contributed by atoms with Gasteiger partial charge in [0.15, 0.2) is 0 Å². The summed E-state index contributed by atoms with van der Waals surface area (Å²) in [5.41, 5.74) is 0.285. The number of aliphatic hydroxyl groups is 1. The van der Waals surface area contributed by atoms with Crippen molar-refractivity contribution in [2.75, 3.05) is 19.8 Å². The van der Waals surface area contributed by atoms with Gasteiger partial charge < -0.3 is 19.9 Å². The first-order valence-corrected chi connectivity index (χ1v) is 9.45. The molecule has 1 aromatic heterocycles. The van der Waals surface area contributed by atoms with Crippen molar-refractivity contribution in [3.8, 4) is 0 Å². The van der Waals surface area contributed by atoms with Crippen LogP contribution in [0.5, 0.6) is 0 Å². The van der Waals surface area contributed by atoms with Crippen molar-refractivity contribution < 1.29 is 19.4 Å². The lowest BCUT2D eigenvalue weighted by Crippen LogP contribution is -2.34. The van der Waals surface area contributed by atoms with Crippen molar-refractivity contribution >= 4 is 6.09 Å². The quantitative estimate of drug-likeness (QED) is 0.518. The van der Waals surface area contributed by atoms with E-state index in [4.69, 9.17) is 14.6 Å². The maximum atomic E-state index is 11.5. The molecule has 2 N–H and O–H groups in total. The third-order valence-corrected chi connectivity index (χ3v) is 3.55. The van der Waals surface area contributed by atoms with E-state index in [0.29, 0.717) is 26.4 Å². The molecule has 0 aliphatic rings. The zero-order valence-corrected chi connectivity index (χ0v) is 16.4. The maximum Gasteiger partial charge on any atom is 0.407 e. The summed E-state index contributed by atoms with van der Waals surface area (Å²) >= 11 is 0. The molecule has 0 atom stereocenters. The second-order valence-electron chi connectivity index (χ2n) is 7.30. The molecule has 26 heavy (non-hydrogen) atoms. The molecular formula is C18H34N4O4. The average molecular weight is 370 g/mol. The van der Waals surface area contributed by atoms with Crippen molar-refractivity contribution in [2.45, 2.75) is 78.0 Å². The molecule has 1 aromatic rings. The summed E-state index contributed by atoms with van der Waals surface area (Å²) in [6.07, 6.45) is 8.06. The zero-order valence-electron chi connectivity index (χ0n) is 16.4. The Morgan fingerprint density at radius 1 is 1.19 bits per heavy atom. The Kier molecular flexibility index (Phi) is 10.9. The lowest BCUT2D eigenvalue weighted by molar-refractivity contribution is 0.0493. The highest BCUT2D eigenvalue weighted by Gasteiger charge is 2.15. The molecule has 0 aromatic carbocycles. The van der Waals surface area contributed by atoms with Crippen LogP contribution in [0.25, 0.3) is 0 Å². The first-order chi connectivity index (χ1) is 12.4. The molecule has 0 saturated heterocycles. The Morgan fingerprint density at radius 3 is 2.58 bits per heavy atom. The van der Waals surface area contributed by atoms with Crippen LogP contribution in [0.2, 0.25) is 0 Å². The van der Waals surface area contributed by atoms with Crippen LogP contribution in [-0.2, 0) is 22.6 Å². The molecule has 0 saturated carbocycles. The number of hydrogen-bond acceptors (Lipinski definition) is 6. The number of nitrogens with zero attached hydrogens (tertiary/aromatic N) is 3. The number of hydrogen-bond donors (Lipinski definition) is 2. The van der Waals surface area contributed by atoms with Gasteiger partial charge in [0.2, 0.25) is 0 Å². The molecule has 0 fully saturated rings. The Balaban J connectivity index is 2.04. The highest BCUT2D eigenvalue weighted by Crippen LogP contribution is 2.07. The molecule has 1 rings (SSSR count). The van der Waals surface area contributed by atoms with E-state index in [1.165, 1.54) is 12.8 Å². The monoisotopic (exact) mass is 370 g/mol. The largest absolute Gasteiger partial charge is 0.444 e. The summed E-state index contributed by atoms with van der Waals surface area (Å²) in [5, 5.41) is 19.5. The van der Waals surface area contributed by atoms with Crippen molar-refractivity contribution in [1.82, 2.24) is 20.3 Å². The van der Waals surface area contributed by atoms with Crippen molar-refractivity contribution in [3.05, 3.63) is 11.9 Å². The van der Waals surface area contributed by atoms with Gasteiger partial charge in [0.1, 0.15) is 11.3 Å². The molecule has 1 amide bonds. The van der Waals surface area contributed by atoms with Gasteiger partial charge in [-0.25, -0.2) is 4.79 Å². The number of carbonyl (C=O) groups is 1. The number of alkyl carbamates (subject to hydrolysis) is 1. The lowest BCUT2D eigenvalue weighted by atomic mass is 10.1. The first-order valence-electron chi connectivity index (χ1n) is 9.45. The fourth-order valence-electron chi connectivity index (χ4n) is 2.32. The van der Waals surface area contributed by atoms with E-state index >= 15 is 0 Å². The van der Waals surface area contributed by atoms with Gasteiger partial charge in [-0.1, -0.05) is 30.9 Å². The second-order valence-corrected chi connectivity index (χ2v) is 7.30. The van der Waals surface area contributed by atoms with E-state index in [1.807, 2.05) is 31.6 Å². The number of unbranched alkanes of at least 4 members (excludes halogenated alkanes) is 5. The number of rotatable bonds is 13. The van der Waals surface area contributed by atoms with E-state index in [-0.39, 0.29) is 0 Å². The number of nitrogens with one attached hydrogen (secondary N) is 1. The molecule has 0 aliphatic heterocycles. The molecule has 0 bridgehead atoms. The fourth-order valence-corrected chi connectivity index (χ4v) is 2.32. The number of amides is 1. The Bertz CT molecular complexity index is 500. The number of aryl methyl sites for hydroxylation is 1. The number of aliphatic hydroxyl groups excluding tert-OH is 1. The van der Waals surface area contributed by atoms with Crippen molar-refractivity contribution in [1.29, 1.82) is 0 Å². The standard InChI is InChI=1S/C18H34N4O4/c1-18(2,3)26-17(24)19-10-13-25-15-16-14-22(21-20-16)11-8-6-4-5-7-9-12-23/h14,23H,4-13,15H2,1-3H3,(H,19,24). The summed E-state index contributed by atoms with van der Waals surface area (Å²) in [5.74, 6) is 0. The molecule has 8 heteroatoms. The van der Waals surface area contributed by atoms with E-state index in [0.717, 1.165) is 37.9 Å². The lowest BCUT2D eigenvalue weighted by Gasteiger charge is -2.19. The normalized spacial score (nSPS) is 11.5. The van der Waals surface area contributed by atoms with Crippen LogP contribution in [0.15, 0.2) is 6.20 Å². The van der Waals surface area contributed by atoms with E-state index in [9.17, 15) is 4.79 Å². The van der Waals surface area contributed by atoms with Crippen LogP contribution in [-0.4, -0.2) is 51.6 Å².